The second-order valence-corrected chi connectivity index (χ2v) is 9.88. The lowest BCUT2D eigenvalue weighted by Crippen LogP contribution is -2.57. The number of anilines is 2. The third kappa shape index (κ3) is 5.88. The Morgan fingerprint density at radius 3 is 1.79 bits per heavy atom. The van der Waals surface area contributed by atoms with Crippen molar-refractivity contribution in [3.63, 3.8) is 0 Å². The number of halogens is 4. The zero-order valence-electron chi connectivity index (χ0n) is 21.6. The molecule has 4 aromatic rings. The van der Waals surface area contributed by atoms with Crippen LogP contribution in [-0.2, 0) is 15.8 Å². The van der Waals surface area contributed by atoms with Crippen LogP contribution in [0.15, 0.2) is 107 Å². The highest BCUT2D eigenvalue weighted by atomic mass is 79.9. The van der Waals surface area contributed by atoms with Gasteiger partial charge in [0.05, 0.1) is 26.3 Å². The van der Waals surface area contributed by atoms with Crippen LogP contribution in [0.1, 0.15) is 11.1 Å². The van der Waals surface area contributed by atoms with Crippen molar-refractivity contribution in [2.75, 3.05) is 9.80 Å². The number of nitro benzene ring substituents is 1. The summed E-state index contributed by atoms with van der Waals surface area (Å²) in [5, 5.41) is 11.4. The number of carbonyl (C=O) groups excluding carboxylic acids is 3. The van der Waals surface area contributed by atoms with Crippen molar-refractivity contribution in [3.8, 4) is 11.5 Å². The molecule has 0 aromatic heterocycles. The highest BCUT2D eigenvalue weighted by Gasteiger charge is 2.43. The number of carbonyl (C=O) groups is 3. The van der Waals surface area contributed by atoms with Gasteiger partial charge in [-0.15, -0.1) is 0 Å². The highest BCUT2D eigenvalue weighted by Crippen LogP contribution is 2.40. The van der Waals surface area contributed by atoms with E-state index in [4.69, 9.17) is 4.74 Å². The molecule has 0 saturated carbocycles. The second kappa shape index (κ2) is 11.5. The minimum Gasteiger partial charge on any atom is -0.449 e. The van der Waals surface area contributed by atoms with Crippen LogP contribution < -0.4 is 14.5 Å². The summed E-state index contributed by atoms with van der Waals surface area (Å²) < 4.78 is 44.9. The molecule has 1 heterocycles. The van der Waals surface area contributed by atoms with Crippen LogP contribution in [0.2, 0.25) is 0 Å². The Bertz CT molecular complexity index is 1730. The summed E-state index contributed by atoms with van der Waals surface area (Å²) in [5.74, 6) is -2.13. The zero-order valence-corrected chi connectivity index (χ0v) is 23.2. The number of alkyl halides is 3. The topological polar surface area (TPSA) is 110 Å². The quantitative estimate of drug-likeness (QED) is 0.0912. The molecule has 0 bridgehead atoms. The van der Waals surface area contributed by atoms with Crippen LogP contribution in [0.25, 0.3) is 6.08 Å². The third-order valence-electron chi connectivity index (χ3n) is 6.25. The van der Waals surface area contributed by atoms with Crippen LogP contribution in [0.5, 0.6) is 11.5 Å². The fourth-order valence-electron chi connectivity index (χ4n) is 4.24. The minimum absolute atomic E-state index is 0.0123. The fourth-order valence-corrected chi connectivity index (χ4v) is 4.71. The number of para-hydroxylation sites is 2. The number of nitrogens with zero attached hydrogens (tertiary/aromatic N) is 3. The lowest BCUT2D eigenvalue weighted by molar-refractivity contribution is -0.385. The molecule has 5 rings (SSSR count). The summed E-state index contributed by atoms with van der Waals surface area (Å²) in [4.78, 5) is 52.7. The number of nitro groups is 1. The smallest absolute Gasteiger partial charge is 0.416 e. The number of hydrogen-bond acceptors (Lipinski definition) is 6. The first-order valence-electron chi connectivity index (χ1n) is 12.3. The second-order valence-electron chi connectivity index (χ2n) is 9.02. The van der Waals surface area contributed by atoms with Gasteiger partial charge in [-0.3, -0.25) is 19.7 Å². The van der Waals surface area contributed by atoms with E-state index in [1.807, 2.05) is 0 Å². The van der Waals surface area contributed by atoms with E-state index in [1.165, 1.54) is 24.3 Å². The monoisotopic (exact) mass is 651 g/mol. The molecule has 0 aliphatic carbocycles. The van der Waals surface area contributed by atoms with Crippen LogP contribution in [0.4, 0.5) is 35.0 Å². The number of amides is 4. The van der Waals surface area contributed by atoms with Crippen LogP contribution in [-0.4, -0.2) is 22.8 Å². The maximum Gasteiger partial charge on any atom is 0.416 e. The van der Waals surface area contributed by atoms with E-state index in [0.717, 1.165) is 15.9 Å². The first-order chi connectivity index (χ1) is 20.5. The van der Waals surface area contributed by atoms with E-state index >= 15 is 0 Å². The van der Waals surface area contributed by atoms with Gasteiger partial charge in [-0.05, 0) is 76.1 Å². The van der Waals surface area contributed by atoms with E-state index in [9.17, 15) is 37.7 Å². The average Bonchev–Trinajstić information content (AvgIpc) is 2.97. The number of rotatable bonds is 6. The van der Waals surface area contributed by atoms with E-state index in [0.29, 0.717) is 17.7 Å². The SMILES string of the molecule is O=C1C(=Cc2ccc(Oc3ccc(C(F)(F)F)cc3[N+](=O)[O-])c(Br)c2)C(=O)N(c2ccccc2)C(=O)N1c1ccccc1. The molecule has 1 aliphatic heterocycles. The maximum atomic E-state index is 13.5. The maximum absolute atomic E-state index is 13.5. The van der Waals surface area contributed by atoms with Gasteiger partial charge in [-0.1, -0.05) is 42.5 Å². The number of barbiturate groups is 1. The van der Waals surface area contributed by atoms with Crippen molar-refractivity contribution in [2.45, 2.75) is 6.18 Å². The number of benzene rings is 4. The predicted molar refractivity (Wildman–Crippen MR) is 154 cm³/mol. The Balaban J connectivity index is 1.51. The lowest BCUT2D eigenvalue weighted by Gasteiger charge is -2.33. The average molecular weight is 652 g/mol. The third-order valence-corrected chi connectivity index (χ3v) is 6.87. The molecule has 0 N–H and O–H groups in total. The van der Waals surface area contributed by atoms with Gasteiger partial charge in [-0.25, -0.2) is 14.6 Å². The van der Waals surface area contributed by atoms with Crippen molar-refractivity contribution < 1.29 is 37.2 Å². The zero-order chi connectivity index (χ0) is 30.9. The van der Waals surface area contributed by atoms with E-state index in [-0.39, 0.29) is 27.2 Å². The van der Waals surface area contributed by atoms with Gasteiger partial charge in [0.2, 0.25) is 5.75 Å². The molecular weight excluding hydrogens is 635 g/mol. The predicted octanol–water partition coefficient (Wildman–Crippen LogP) is 7.75. The van der Waals surface area contributed by atoms with Crippen LogP contribution in [0, 0.1) is 10.1 Å². The molecule has 4 aromatic carbocycles. The number of urea groups is 1. The summed E-state index contributed by atoms with van der Waals surface area (Å²) in [6.45, 7) is 0. The molecule has 4 amide bonds. The van der Waals surface area contributed by atoms with Gasteiger partial charge >= 0.3 is 17.9 Å². The van der Waals surface area contributed by atoms with Crippen LogP contribution in [0.3, 0.4) is 0 Å². The Morgan fingerprint density at radius 2 is 1.30 bits per heavy atom. The fraction of sp³-hybridized carbons (Fsp3) is 0.0333. The van der Waals surface area contributed by atoms with Gasteiger partial charge in [0.25, 0.3) is 11.8 Å². The molecule has 0 radical (unpaired) electrons. The molecule has 9 nitrogen and oxygen atoms in total. The minimum atomic E-state index is -4.79. The molecule has 43 heavy (non-hydrogen) atoms. The van der Waals surface area contributed by atoms with E-state index in [1.54, 1.807) is 60.7 Å². The van der Waals surface area contributed by atoms with Crippen molar-refractivity contribution in [1.82, 2.24) is 0 Å². The molecule has 216 valence electrons. The summed E-state index contributed by atoms with van der Waals surface area (Å²) >= 11 is 3.27. The largest absolute Gasteiger partial charge is 0.449 e. The number of ether oxygens (including phenoxy) is 1. The standard InChI is InChI=1S/C30H17BrF3N3O6/c31-23-16-18(11-13-25(23)43-26-14-12-19(30(32,33)34)17-24(26)37(41)42)15-22-27(38)35(20-7-3-1-4-8-20)29(40)36(28(22)39)21-9-5-2-6-10-21/h1-17H. The van der Waals surface area contributed by atoms with Crippen molar-refractivity contribution in [3.05, 3.63) is 128 Å². The van der Waals surface area contributed by atoms with Gasteiger partial charge in [0.15, 0.2) is 0 Å². The summed E-state index contributed by atoms with van der Waals surface area (Å²) in [7, 11) is 0. The molecule has 1 aliphatic rings. The Hall–Kier alpha value is -5.30. The molecule has 1 saturated heterocycles. The first kappa shape index (κ1) is 29.2. The molecule has 1 fully saturated rings. The Labute approximate surface area is 249 Å². The number of imide groups is 2. The summed E-state index contributed by atoms with van der Waals surface area (Å²) in [6.07, 6.45) is -3.51. The van der Waals surface area contributed by atoms with Crippen molar-refractivity contribution >= 4 is 56.9 Å². The van der Waals surface area contributed by atoms with Crippen LogP contribution >= 0.6 is 15.9 Å². The molecular formula is C30H17BrF3N3O6. The van der Waals surface area contributed by atoms with Gasteiger partial charge in [0, 0.05) is 6.07 Å². The molecule has 0 spiro atoms. The summed E-state index contributed by atoms with van der Waals surface area (Å²) in [5.41, 5.74) is -1.61. The van der Waals surface area contributed by atoms with Crippen molar-refractivity contribution in [1.29, 1.82) is 0 Å². The van der Waals surface area contributed by atoms with Gasteiger partial charge in [-0.2, -0.15) is 13.2 Å². The van der Waals surface area contributed by atoms with Gasteiger partial charge in [0.1, 0.15) is 11.3 Å². The lowest BCUT2D eigenvalue weighted by atomic mass is 10.0. The highest BCUT2D eigenvalue weighted by molar-refractivity contribution is 9.10. The normalized spacial score (nSPS) is 13.8. The Kier molecular flexibility index (Phi) is 7.83. The Morgan fingerprint density at radius 1 is 0.767 bits per heavy atom. The number of hydrogen-bond donors (Lipinski definition) is 0. The van der Waals surface area contributed by atoms with Gasteiger partial charge < -0.3 is 4.74 Å². The summed E-state index contributed by atoms with van der Waals surface area (Å²) in [6, 6.07) is 21.4. The first-order valence-corrected chi connectivity index (χ1v) is 13.1. The van der Waals surface area contributed by atoms with E-state index in [2.05, 4.69) is 15.9 Å². The molecule has 0 unspecified atom stereocenters. The molecule has 13 heteroatoms. The van der Waals surface area contributed by atoms with Crippen molar-refractivity contribution in [2.24, 2.45) is 0 Å². The van der Waals surface area contributed by atoms with E-state index < -0.39 is 45.9 Å². The molecule has 0 atom stereocenters.